The van der Waals surface area contributed by atoms with Crippen LogP contribution in [0.25, 0.3) is 0 Å². The molecule has 198 valence electrons. The van der Waals surface area contributed by atoms with Crippen LogP contribution >= 0.6 is 0 Å². The minimum atomic E-state index is -0.721. The van der Waals surface area contributed by atoms with Crippen molar-refractivity contribution in [2.24, 2.45) is 11.8 Å². The van der Waals surface area contributed by atoms with Crippen LogP contribution in [-0.2, 0) is 9.47 Å². The van der Waals surface area contributed by atoms with Gasteiger partial charge in [0.15, 0.2) is 0 Å². The number of halogens is 2. The predicted octanol–water partition coefficient (Wildman–Crippen LogP) is 4.67. The van der Waals surface area contributed by atoms with Crippen LogP contribution in [0.15, 0.2) is 36.4 Å². The highest BCUT2D eigenvalue weighted by molar-refractivity contribution is 5.90. The van der Waals surface area contributed by atoms with Crippen LogP contribution in [0.1, 0.15) is 32.3 Å². The Morgan fingerprint density at radius 1 is 1.05 bits per heavy atom. The molecule has 8 nitrogen and oxygen atoms in total. The maximum Gasteiger partial charge on any atom is 0.414 e. The van der Waals surface area contributed by atoms with Crippen LogP contribution in [0.4, 0.5) is 29.7 Å². The number of hydrogen-bond acceptors (Lipinski definition) is 6. The van der Waals surface area contributed by atoms with E-state index in [0.717, 1.165) is 24.5 Å². The molecular formula is C27H31F2N3O5. The molecule has 0 spiro atoms. The molecule has 1 N–H and O–H groups in total. The third kappa shape index (κ3) is 5.14. The third-order valence-electron chi connectivity index (χ3n) is 7.09. The zero-order chi connectivity index (χ0) is 26.5. The Morgan fingerprint density at radius 2 is 1.68 bits per heavy atom. The first-order valence-electron chi connectivity index (χ1n) is 12.4. The van der Waals surface area contributed by atoms with Crippen LogP contribution in [0, 0.1) is 23.5 Å². The molecule has 2 aromatic carbocycles. The molecule has 2 amide bonds. The number of ether oxygens (including phenoxy) is 3. The molecule has 2 saturated heterocycles. The van der Waals surface area contributed by atoms with Crippen molar-refractivity contribution in [3.8, 4) is 5.75 Å². The van der Waals surface area contributed by atoms with E-state index >= 15 is 8.78 Å². The van der Waals surface area contributed by atoms with E-state index in [4.69, 9.17) is 14.2 Å². The Kier molecular flexibility index (Phi) is 6.37. The molecule has 3 aliphatic rings. The van der Waals surface area contributed by atoms with Gasteiger partial charge in [0.2, 0.25) is 0 Å². The van der Waals surface area contributed by atoms with Crippen molar-refractivity contribution in [2.45, 2.75) is 38.4 Å². The lowest BCUT2D eigenvalue weighted by atomic mass is 10.0. The predicted molar refractivity (Wildman–Crippen MR) is 133 cm³/mol. The zero-order valence-electron chi connectivity index (χ0n) is 21.3. The van der Waals surface area contributed by atoms with Gasteiger partial charge in [0.05, 0.1) is 25.9 Å². The Hall–Kier alpha value is -3.56. The summed E-state index contributed by atoms with van der Waals surface area (Å²) in [4.78, 5) is 27.6. The van der Waals surface area contributed by atoms with E-state index in [1.54, 1.807) is 27.9 Å². The molecule has 2 heterocycles. The number of alkyl carbamates (subject to hydrolysis) is 1. The summed E-state index contributed by atoms with van der Waals surface area (Å²) in [5, 5.41) is 2.55. The molecule has 5 rings (SSSR count). The van der Waals surface area contributed by atoms with Crippen LogP contribution in [-0.4, -0.2) is 57.2 Å². The highest BCUT2D eigenvalue weighted by Crippen LogP contribution is 2.60. The van der Waals surface area contributed by atoms with E-state index in [1.807, 2.05) is 24.3 Å². The highest BCUT2D eigenvalue weighted by atomic mass is 19.1. The molecule has 10 heteroatoms. The van der Waals surface area contributed by atoms with Crippen LogP contribution in [0.3, 0.4) is 0 Å². The van der Waals surface area contributed by atoms with E-state index in [2.05, 4.69) is 10.2 Å². The van der Waals surface area contributed by atoms with Crippen molar-refractivity contribution in [1.29, 1.82) is 0 Å². The van der Waals surface area contributed by atoms with Crippen LogP contribution in [0.5, 0.6) is 5.75 Å². The Labute approximate surface area is 214 Å². The van der Waals surface area contributed by atoms with Gasteiger partial charge in [-0.1, -0.05) is 0 Å². The minimum absolute atomic E-state index is 0.0241. The lowest BCUT2D eigenvalue weighted by Gasteiger charge is -2.23. The average Bonchev–Trinajstić information content (AvgIpc) is 3.15. The second-order valence-electron chi connectivity index (χ2n) is 10.8. The number of hydrogen-bond donors (Lipinski definition) is 1. The van der Waals surface area contributed by atoms with Crippen molar-refractivity contribution < 1.29 is 32.6 Å². The second kappa shape index (κ2) is 9.39. The van der Waals surface area contributed by atoms with Gasteiger partial charge in [0.1, 0.15) is 29.1 Å². The molecule has 3 fully saturated rings. The smallest absolute Gasteiger partial charge is 0.414 e. The van der Waals surface area contributed by atoms with Gasteiger partial charge < -0.3 is 24.4 Å². The van der Waals surface area contributed by atoms with E-state index in [-0.39, 0.29) is 42.1 Å². The number of anilines is 2. The number of nitrogens with zero attached hydrogens (tertiary/aromatic N) is 2. The first-order chi connectivity index (χ1) is 17.5. The number of piperidine rings is 1. The standard InChI is InChI=1S/C27H31F2N3O5/c1-27(2,3)37-25(33)30-11-18-12-32(26(34)36-18)16-9-21(28)24(22(29)10-16)23-19-13-31(14-20(19)23)15-5-7-17(35-4)8-6-15/h5-10,18-20,23H,11-14H2,1-4H3,(H,30,33)/t18-,19-,20+,23?/m0/s1. The molecule has 0 bridgehead atoms. The summed E-state index contributed by atoms with van der Waals surface area (Å²) in [6.07, 6.45) is -2.03. The number of cyclic esters (lactones) is 1. The van der Waals surface area contributed by atoms with Crippen LogP contribution < -0.4 is 19.9 Å². The molecule has 1 aliphatic carbocycles. The third-order valence-corrected chi connectivity index (χ3v) is 7.09. The van der Waals surface area contributed by atoms with Gasteiger partial charge in [0, 0.05) is 24.3 Å². The number of methoxy groups -OCH3 is 1. The lowest BCUT2D eigenvalue weighted by Crippen LogP contribution is -2.38. The number of rotatable bonds is 6. The zero-order valence-corrected chi connectivity index (χ0v) is 21.3. The molecule has 0 radical (unpaired) electrons. The summed E-state index contributed by atoms with van der Waals surface area (Å²) in [5.41, 5.74) is 0.581. The quantitative estimate of drug-likeness (QED) is 0.602. The van der Waals surface area contributed by atoms with E-state index in [1.165, 1.54) is 17.0 Å². The molecule has 1 saturated carbocycles. The van der Waals surface area contributed by atoms with Gasteiger partial charge in [-0.15, -0.1) is 0 Å². The van der Waals surface area contributed by atoms with E-state index < -0.39 is 35.5 Å². The summed E-state index contributed by atoms with van der Waals surface area (Å²) in [7, 11) is 1.62. The molecule has 4 atom stereocenters. The summed E-state index contributed by atoms with van der Waals surface area (Å²) in [6.45, 7) is 6.75. The monoisotopic (exact) mass is 515 g/mol. The fourth-order valence-corrected chi connectivity index (χ4v) is 5.35. The molecule has 0 aromatic heterocycles. The molecule has 2 aromatic rings. The number of fused-ring (bicyclic) bond motifs is 1. The molecule has 1 unspecified atom stereocenters. The number of benzene rings is 2. The number of carbonyl (C=O) groups excluding carboxylic acids is 2. The fourth-order valence-electron chi connectivity index (χ4n) is 5.35. The fraction of sp³-hybridized carbons (Fsp3) is 0.481. The summed E-state index contributed by atoms with van der Waals surface area (Å²) < 4.78 is 46.0. The summed E-state index contributed by atoms with van der Waals surface area (Å²) in [5.74, 6) is -0.362. The van der Waals surface area contributed by atoms with Crippen LogP contribution in [0.2, 0.25) is 0 Å². The number of nitrogens with one attached hydrogen (secondary N) is 1. The topological polar surface area (TPSA) is 80.3 Å². The number of carbonyl (C=O) groups is 2. The van der Waals surface area contributed by atoms with E-state index in [0.29, 0.717) is 0 Å². The second-order valence-corrected chi connectivity index (χ2v) is 10.8. The maximum atomic E-state index is 15.2. The number of amides is 2. The summed E-state index contributed by atoms with van der Waals surface area (Å²) >= 11 is 0. The molecular weight excluding hydrogens is 484 g/mol. The minimum Gasteiger partial charge on any atom is -0.497 e. The average molecular weight is 516 g/mol. The van der Waals surface area contributed by atoms with Crippen molar-refractivity contribution >= 4 is 23.6 Å². The first-order valence-corrected chi connectivity index (χ1v) is 12.4. The summed E-state index contributed by atoms with van der Waals surface area (Å²) in [6, 6.07) is 10.2. The Morgan fingerprint density at radius 3 is 2.24 bits per heavy atom. The van der Waals surface area contributed by atoms with Crippen molar-refractivity contribution in [2.75, 3.05) is 43.1 Å². The van der Waals surface area contributed by atoms with Crippen molar-refractivity contribution in [3.63, 3.8) is 0 Å². The molecule has 2 aliphatic heterocycles. The Bertz CT molecular complexity index is 1160. The SMILES string of the molecule is COc1ccc(N2C[C@@H]3C(c4c(F)cc(N5C[C@H](CNC(=O)OC(C)(C)C)OC5=O)cc4F)[C@@H]3C2)cc1. The van der Waals surface area contributed by atoms with E-state index in [9.17, 15) is 9.59 Å². The first kappa shape index (κ1) is 25.1. The van der Waals surface area contributed by atoms with Gasteiger partial charge in [-0.25, -0.2) is 18.4 Å². The maximum absolute atomic E-state index is 15.2. The normalized spacial score (nSPS) is 24.5. The van der Waals surface area contributed by atoms with Gasteiger partial charge in [0.25, 0.3) is 0 Å². The largest absolute Gasteiger partial charge is 0.497 e. The van der Waals surface area contributed by atoms with Gasteiger partial charge in [-0.3, -0.25) is 4.90 Å². The van der Waals surface area contributed by atoms with Crippen molar-refractivity contribution in [1.82, 2.24) is 5.32 Å². The molecule has 37 heavy (non-hydrogen) atoms. The Balaban J connectivity index is 1.20. The van der Waals surface area contributed by atoms with Gasteiger partial charge in [-0.2, -0.15) is 0 Å². The van der Waals surface area contributed by atoms with Gasteiger partial charge >= 0.3 is 12.2 Å². The lowest BCUT2D eigenvalue weighted by molar-refractivity contribution is 0.0496. The van der Waals surface area contributed by atoms with Gasteiger partial charge in [-0.05, 0) is 74.9 Å². The highest BCUT2D eigenvalue weighted by Gasteiger charge is 2.58. The van der Waals surface area contributed by atoms with Crippen molar-refractivity contribution in [3.05, 3.63) is 53.6 Å².